The molecule has 1 unspecified atom stereocenters. The summed E-state index contributed by atoms with van der Waals surface area (Å²) in [7, 11) is 3.01. The van der Waals surface area contributed by atoms with Gasteiger partial charge in [-0.2, -0.15) is 0 Å². The lowest BCUT2D eigenvalue weighted by atomic mass is 10.1. The highest BCUT2D eigenvalue weighted by Crippen LogP contribution is 2.29. The molecule has 1 amide bonds. The topological polar surface area (TPSA) is 67.8 Å². The summed E-state index contributed by atoms with van der Waals surface area (Å²) >= 11 is 0. The lowest BCUT2D eigenvalue weighted by Gasteiger charge is -2.16. The molecule has 2 aromatic carbocycles. The first kappa shape index (κ1) is 17.7. The third-order valence-corrected chi connectivity index (χ3v) is 3.69. The van der Waals surface area contributed by atoms with E-state index in [-0.39, 0.29) is 12.1 Å². The Morgan fingerprint density at radius 3 is 2.58 bits per heavy atom. The molecule has 0 aliphatic rings. The molecule has 2 aromatic rings. The molecule has 0 heterocycles. The maximum atomic E-state index is 13.5. The number of ether oxygens (including phenoxy) is 2. The number of hydrogen-bond acceptors (Lipinski definition) is 4. The molecular weight excluding hydrogens is 313 g/mol. The number of aryl methyl sites for hydroxylation is 1. The van der Waals surface area contributed by atoms with Gasteiger partial charge >= 0.3 is 0 Å². The second-order valence-electron chi connectivity index (χ2n) is 5.30. The van der Waals surface area contributed by atoms with Crippen LogP contribution >= 0.6 is 0 Å². The average Bonchev–Trinajstić information content (AvgIpc) is 2.60. The van der Waals surface area contributed by atoms with Crippen LogP contribution in [0.4, 0.5) is 4.39 Å². The van der Waals surface area contributed by atoms with Gasteiger partial charge in [0.1, 0.15) is 23.4 Å². The highest BCUT2D eigenvalue weighted by atomic mass is 19.1. The molecule has 0 aliphatic heterocycles. The second-order valence-corrected chi connectivity index (χ2v) is 5.30. The number of nitrogens with one attached hydrogen (secondary N) is 1. The maximum Gasteiger partial charge on any atom is 0.251 e. The van der Waals surface area contributed by atoms with Crippen molar-refractivity contribution in [3.63, 3.8) is 0 Å². The number of benzene rings is 2. The predicted octanol–water partition coefficient (Wildman–Crippen LogP) is 2.61. The standard InChI is InChI=1S/C18H20FNO4/c1-11-4-5-12(8-15(11)19)18(22)20-10-16(21)14-9-13(23-2)6-7-17(14)24-3/h4-9,16,21H,10H2,1-3H3,(H,20,22). The van der Waals surface area contributed by atoms with Crippen molar-refractivity contribution in [2.45, 2.75) is 13.0 Å². The van der Waals surface area contributed by atoms with Crippen molar-refractivity contribution >= 4 is 5.91 Å². The molecule has 5 nitrogen and oxygen atoms in total. The number of rotatable bonds is 6. The van der Waals surface area contributed by atoms with Gasteiger partial charge in [-0.15, -0.1) is 0 Å². The van der Waals surface area contributed by atoms with Crippen molar-refractivity contribution < 1.29 is 23.8 Å². The smallest absolute Gasteiger partial charge is 0.251 e. The molecule has 1 atom stereocenters. The van der Waals surface area contributed by atoms with Crippen LogP contribution in [0.5, 0.6) is 11.5 Å². The molecule has 0 fully saturated rings. The van der Waals surface area contributed by atoms with Crippen molar-refractivity contribution in [1.82, 2.24) is 5.32 Å². The third-order valence-electron chi connectivity index (χ3n) is 3.69. The van der Waals surface area contributed by atoms with Crippen molar-refractivity contribution in [2.24, 2.45) is 0 Å². The number of aliphatic hydroxyl groups excluding tert-OH is 1. The van der Waals surface area contributed by atoms with Crippen LogP contribution in [0.25, 0.3) is 0 Å². The van der Waals surface area contributed by atoms with E-state index in [0.717, 1.165) is 0 Å². The van der Waals surface area contributed by atoms with Crippen LogP contribution in [0.15, 0.2) is 36.4 Å². The van der Waals surface area contributed by atoms with Crippen LogP contribution in [0.2, 0.25) is 0 Å². The van der Waals surface area contributed by atoms with E-state index in [4.69, 9.17) is 9.47 Å². The van der Waals surface area contributed by atoms with E-state index in [0.29, 0.717) is 22.6 Å². The molecule has 0 saturated carbocycles. The third kappa shape index (κ3) is 4.02. The summed E-state index contributed by atoms with van der Waals surface area (Å²) in [6.07, 6.45) is -0.991. The Hall–Kier alpha value is -2.60. The van der Waals surface area contributed by atoms with Crippen LogP contribution in [-0.2, 0) is 0 Å². The average molecular weight is 333 g/mol. The Morgan fingerprint density at radius 2 is 1.96 bits per heavy atom. The van der Waals surface area contributed by atoms with Crippen molar-refractivity contribution in [1.29, 1.82) is 0 Å². The Kier molecular flexibility index (Phi) is 5.76. The molecule has 2 N–H and O–H groups in total. The summed E-state index contributed by atoms with van der Waals surface area (Å²) < 4.78 is 23.9. The van der Waals surface area contributed by atoms with Gasteiger partial charge in [0.05, 0.1) is 14.2 Å². The van der Waals surface area contributed by atoms with E-state index in [1.807, 2.05) is 0 Å². The van der Waals surface area contributed by atoms with Gasteiger partial charge in [0.25, 0.3) is 5.91 Å². The minimum Gasteiger partial charge on any atom is -0.497 e. The number of carbonyl (C=O) groups is 1. The normalized spacial score (nSPS) is 11.7. The Labute approximate surface area is 140 Å². The minimum atomic E-state index is -0.991. The van der Waals surface area contributed by atoms with Crippen molar-refractivity contribution in [3.05, 3.63) is 58.9 Å². The fraction of sp³-hybridized carbons (Fsp3) is 0.278. The van der Waals surface area contributed by atoms with Gasteiger partial charge in [-0.1, -0.05) is 6.07 Å². The van der Waals surface area contributed by atoms with Gasteiger partial charge in [-0.25, -0.2) is 4.39 Å². The number of halogens is 1. The SMILES string of the molecule is COc1ccc(OC)c(C(O)CNC(=O)c2ccc(C)c(F)c2)c1. The number of methoxy groups -OCH3 is 2. The van der Waals surface area contributed by atoms with Crippen molar-refractivity contribution in [3.8, 4) is 11.5 Å². The predicted molar refractivity (Wildman–Crippen MR) is 88.0 cm³/mol. The molecule has 6 heteroatoms. The fourth-order valence-electron chi connectivity index (χ4n) is 2.24. The Morgan fingerprint density at radius 1 is 1.21 bits per heavy atom. The zero-order valence-electron chi connectivity index (χ0n) is 13.8. The quantitative estimate of drug-likeness (QED) is 0.853. The van der Waals surface area contributed by atoms with Gasteiger partial charge in [-0.05, 0) is 42.8 Å². The number of aliphatic hydroxyl groups is 1. The minimum absolute atomic E-state index is 0.0438. The molecule has 24 heavy (non-hydrogen) atoms. The van der Waals surface area contributed by atoms with E-state index in [1.54, 1.807) is 25.1 Å². The van der Waals surface area contributed by atoms with Crippen LogP contribution in [0.1, 0.15) is 27.6 Å². The van der Waals surface area contributed by atoms with Gasteiger partial charge < -0.3 is 19.9 Å². The Balaban J connectivity index is 2.08. The number of carbonyl (C=O) groups excluding carboxylic acids is 1. The van der Waals surface area contributed by atoms with E-state index < -0.39 is 17.8 Å². The lowest BCUT2D eigenvalue weighted by molar-refractivity contribution is 0.0914. The van der Waals surface area contributed by atoms with Crippen LogP contribution in [0, 0.1) is 12.7 Å². The first-order valence-electron chi connectivity index (χ1n) is 7.40. The lowest BCUT2D eigenvalue weighted by Crippen LogP contribution is -2.28. The highest BCUT2D eigenvalue weighted by Gasteiger charge is 2.16. The molecular formula is C18H20FNO4. The first-order chi connectivity index (χ1) is 11.5. The maximum absolute atomic E-state index is 13.5. The molecule has 0 aromatic heterocycles. The molecule has 0 radical (unpaired) electrons. The Bertz CT molecular complexity index is 733. The fourth-order valence-corrected chi connectivity index (χ4v) is 2.24. The molecule has 0 aliphatic carbocycles. The van der Waals surface area contributed by atoms with Crippen LogP contribution < -0.4 is 14.8 Å². The van der Waals surface area contributed by atoms with Crippen LogP contribution in [-0.4, -0.2) is 31.8 Å². The summed E-state index contributed by atoms with van der Waals surface area (Å²) in [4.78, 5) is 12.1. The van der Waals surface area contributed by atoms with E-state index in [1.165, 1.54) is 32.4 Å². The van der Waals surface area contributed by atoms with E-state index in [2.05, 4.69) is 5.32 Å². The van der Waals surface area contributed by atoms with Gasteiger partial charge in [0.15, 0.2) is 0 Å². The van der Waals surface area contributed by atoms with Gasteiger partial charge in [0.2, 0.25) is 0 Å². The number of hydrogen-bond donors (Lipinski definition) is 2. The monoisotopic (exact) mass is 333 g/mol. The van der Waals surface area contributed by atoms with E-state index in [9.17, 15) is 14.3 Å². The second kappa shape index (κ2) is 7.79. The first-order valence-corrected chi connectivity index (χ1v) is 7.40. The summed E-state index contributed by atoms with van der Waals surface area (Å²) in [6, 6.07) is 9.26. The number of amides is 1. The van der Waals surface area contributed by atoms with Crippen molar-refractivity contribution in [2.75, 3.05) is 20.8 Å². The van der Waals surface area contributed by atoms with Gasteiger partial charge in [0, 0.05) is 17.7 Å². The molecule has 2 rings (SSSR count). The van der Waals surface area contributed by atoms with Crippen LogP contribution in [0.3, 0.4) is 0 Å². The largest absolute Gasteiger partial charge is 0.497 e. The highest BCUT2D eigenvalue weighted by molar-refractivity contribution is 5.94. The van der Waals surface area contributed by atoms with E-state index >= 15 is 0 Å². The molecule has 0 saturated heterocycles. The van der Waals surface area contributed by atoms with Gasteiger partial charge in [-0.3, -0.25) is 4.79 Å². The summed E-state index contributed by atoms with van der Waals surface area (Å²) in [5, 5.41) is 12.9. The molecule has 0 spiro atoms. The zero-order valence-corrected chi connectivity index (χ0v) is 13.8. The zero-order chi connectivity index (χ0) is 17.7. The summed E-state index contributed by atoms with van der Waals surface area (Å²) in [5.41, 5.74) is 1.16. The molecule has 128 valence electrons. The molecule has 0 bridgehead atoms. The summed E-state index contributed by atoms with van der Waals surface area (Å²) in [6.45, 7) is 1.58. The summed E-state index contributed by atoms with van der Waals surface area (Å²) in [5.74, 6) is 0.142.